The van der Waals surface area contributed by atoms with Crippen molar-refractivity contribution in [2.24, 2.45) is 10.2 Å². The maximum Gasteiger partial charge on any atom is 0.341 e. The second-order valence-electron chi connectivity index (χ2n) is 5.11. The number of halogens is 1. The van der Waals surface area contributed by atoms with Crippen LogP contribution in [-0.2, 0) is 14.8 Å². The Morgan fingerprint density at radius 1 is 1.26 bits per heavy atom. The first kappa shape index (κ1) is 20.4. The molecular weight excluding hydrogens is 398 g/mol. The number of amides is 1. The number of carboxylic acid groups (broad SMARTS) is 1. The van der Waals surface area contributed by atoms with E-state index in [1.54, 1.807) is 24.3 Å². The van der Waals surface area contributed by atoms with Crippen LogP contribution in [0.2, 0.25) is 5.02 Å². The molecule has 0 spiro atoms. The van der Waals surface area contributed by atoms with Gasteiger partial charge in [-0.05, 0) is 30.3 Å². The Hall–Kier alpha value is -2.95. The van der Waals surface area contributed by atoms with Crippen LogP contribution >= 0.6 is 11.6 Å². The van der Waals surface area contributed by atoms with Gasteiger partial charge in [0.25, 0.3) is 5.91 Å². The molecule has 1 amide bonds. The summed E-state index contributed by atoms with van der Waals surface area (Å²) < 4.78 is 28.0. The second-order valence-corrected chi connectivity index (χ2v) is 7.05. The molecule has 0 fully saturated rings. The number of hydrogen-bond acceptors (Lipinski definition) is 6. The van der Waals surface area contributed by atoms with Crippen molar-refractivity contribution in [1.29, 1.82) is 0 Å². The minimum Gasteiger partial charge on any atom is -0.481 e. The van der Waals surface area contributed by atoms with E-state index in [1.165, 1.54) is 18.3 Å². The van der Waals surface area contributed by atoms with Gasteiger partial charge in [-0.3, -0.25) is 4.79 Å². The van der Waals surface area contributed by atoms with Gasteiger partial charge in [-0.2, -0.15) is 5.10 Å². The zero-order valence-electron chi connectivity index (χ0n) is 13.6. The highest BCUT2D eigenvalue weighted by atomic mass is 35.5. The van der Waals surface area contributed by atoms with Crippen molar-refractivity contribution >= 4 is 39.7 Å². The standard InChI is InChI=1S/C16H14ClN3O6S/c17-12-6-5-10(7-14(12)27(18,24)25)16(23)20-19-8-11-3-1-2-4-13(11)26-9-15(21)22/h1-8H,9H2,(H,20,23)(H,21,22)(H2,18,24,25)/b19-8-. The van der Waals surface area contributed by atoms with Crippen molar-refractivity contribution in [3.05, 3.63) is 58.6 Å². The number of rotatable bonds is 7. The number of sulfonamides is 1. The van der Waals surface area contributed by atoms with E-state index >= 15 is 0 Å². The summed E-state index contributed by atoms with van der Waals surface area (Å²) in [5, 5.41) is 17.3. The number of nitrogens with zero attached hydrogens (tertiary/aromatic N) is 1. The monoisotopic (exact) mass is 411 g/mol. The van der Waals surface area contributed by atoms with Crippen LogP contribution in [0, 0.1) is 0 Å². The third-order valence-corrected chi connectivity index (χ3v) is 4.53. The van der Waals surface area contributed by atoms with E-state index in [2.05, 4.69) is 10.5 Å². The lowest BCUT2D eigenvalue weighted by Gasteiger charge is -2.07. The number of carbonyl (C=O) groups excluding carboxylic acids is 1. The Labute approximate surface area is 159 Å². The molecule has 0 radical (unpaired) electrons. The van der Waals surface area contributed by atoms with Gasteiger partial charge in [-0.15, -0.1) is 0 Å². The molecule has 0 saturated carbocycles. The Morgan fingerprint density at radius 3 is 2.63 bits per heavy atom. The highest BCUT2D eigenvalue weighted by molar-refractivity contribution is 7.89. The third-order valence-electron chi connectivity index (χ3n) is 3.14. The molecule has 27 heavy (non-hydrogen) atoms. The van der Waals surface area contributed by atoms with Crippen molar-refractivity contribution < 1.29 is 27.9 Å². The molecule has 0 bridgehead atoms. The first-order chi connectivity index (χ1) is 12.7. The van der Waals surface area contributed by atoms with Gasteiger partial charge in [-0.25, -0.2) is 23.8 Å². The largest absolute Gasteiger partial charge is 0.481 e. The molecule has 0 aliphatic rings. The molecule has 0 aromatic heterocycles. The number of nitrogens with two attached hydrogens (primary N) is 1. The number of primary sulfonamides is 1. The van der Waals surface area contributed by atoms with Crippen molar-refractivity contribution in [3.8, 4) is 5.75 Å². The topological polar surface area (TPSA) is 148 Å². The van der Waals surface area contributed by atoms with Crippen LogP contribution in [-0.4, -0.2) is 38.2 Å². The first-order valence-corrected chi connectivity index (χ1v) is 9.20. The van der Waals surface area contributed by atoms with Crippen molar-refractivity contribution in [1.82, 2.24) is 5.43 Å². The summed E-state index contributed by atoms with van der Waals surface area (Å²) in [7, 11) is -4.09. The van der Waals surface area contributed by atoms with Crippen molar-refractivity contribution in [2.75, 3.05) is 6.61 Å². The molecule has 11 heteroatoms. The zero-order chi connectivity index (χ0) is 20.0. The molecule has 0 saturated heterocycles. The Bertz CT molecular complexity index is 1010. The number of para-hydroxylation sites is 1. The molecular formula is C16H14ClN3O6S. The number of hydrazone groups is 1. The molecule has 4 N–H and O–H groups in total. The molecule has 2 aromatic rings. The average Bonchev–Trinajstić information content (AvgIpc) is 2.60. The summed E-state index contributed by atoms with van der Waals surface area (Å²) in [4.78, 5) is 22.3. The predicted octanol–water partition coefficient (Wildman–Crippen LogP) is 1.21. The van der Waals surface area contributed by atoms with Gasteiger partial charge in [0, 0.05) is 11.1 Å². The number of nitrogens with one attached hydrogen (secondary N) is 1. The van der Waals surface area contributed by atoms with E-state index in [-0.39, 0.29) is 21.2 Å². The van der Waals surface area contributed by atoms with Gasteiger partial charge in [-0.1, -0.05) is 23.7 Å². The van der Waals surface area contributed by atoms with Gasteiger partial charge >= 0.3 is 5.97 Å². The molecule has 0 atom stereocenters. The van der Waals surface area contributed by atoms with E-state index in [0.717, 1.165) is 6.07 Å². The lowest BCUT2D eigenvalue weighted by atomic mass is 10.2. The van der Waals surface area contributed by atoms with Gasteiger partial charge in [0.05, 0.1) is 11.2 Å². The maximum atomic E-state index is 12.1. The van der Waals surface area contributed by atoms with Crippen LogP contribution in [0.1, 0.15) is 15.9 Å². The summed E-state index contributed by atoms with van der Waals surface area (Å²) in [5.41, 5.74) is 2.63. The number of carboxylic acids is 1. The summed E-state index contributed by atoms with van der Waals surface area (Å²) in [5.74, 6) is -1.57. The quantitative estimate of drug-likeness (QED) is 0.460. The highest BCUT2D eigenvalue weighted by Gasteiger charge is 2.16. The van der Waals surface area contributed by atoms with E-state index in [9.17, 15) is 18.0 Å². The van der Waals surface area contributed by atoms with E-state index in [1.807, 2.05) is 0 Å². The van der Waals surface area contributed by atoms with Crippen LogP contribution in [0.5, 0.6) is 5.75 Å². The summed E-state index contributed by atoms with van der Waals surface area (Å²) in [6.07, 6.45) is 1.26. The smallest absolute Gasteiger partial charge is 0.341 e. The maximum absolute atomic E-state index is 12.1. The van der Waals surface area contributed by atoms with Crippen LogP contribution < -0.4 is 15.3 Å². The van der Waals surface area contributed by atoms with Crippen LogP contribution in [0.25, 0.3) is 0 Å². The van der Waals surface area contributed by atoms with Gasteiger partial charge < -0.3 is 9.84 Å². The normalized spacial score (nSPS) is 11.3. The van der Waals surface area contributed by atoms with Gasteiger partial charge in [0.2, 0.25) is 10.0 Å². The van der Waals surface area contributed by atoms with E-state index in [0.29, 0.717) is 5.56 Å². The predicted molar refractivity (Wildman–Crippen MR) is 97.5 cm³/mol. The number of benzene rings is 2. The molecule has 9 nitrogen and oxygen atoms in total. The van der Waals surface area contributed by atoms with Gasteiger partial charge in [0.15, 0.2) is 6.61 Å². The fraction of sp³-hybridized carbons (Fsp3) is 0.0625. The third kappa shape index (κ3) is 5.78. The molecule has 0 aliphatic carbocycles. The highest BCUT2D eigenvalue weighted by Crippen LogP contribution is 2.21. The van der Waals surface area contributed by atoms with Gasteiger partial charge in [0.1, 0.15) is 10.6 Å². The lowest BCUT2D eigenvalue weighted by Crippen LogP contribution is -2.19. The summed E-state index contributed by atoms with van der Waals surface area (Å²) >= 11 is 5.76. The molecule has 0 aliphatic heterocycles. The van der Waals surface area contributed by atoms with E-state index < -0.39 is 28.5 Å². The number of carbonyl (C=O) groups is 2. The molecule has 142 valence electrons. The first-order valence-electron chi connectivity index (χ1n) is 7.28. The van der Waals surface area contributed by atoms with Crippen LogP contribution in [0.15, 0.2) is 52.5 Å². The fourth-order valence-electron chi connectivity index (χ4n) is 1.95. The minimum absolute atomic E-state index is 0.0176. The second kappa shape index (κ2) is 8.62. The van der Waals surface area contributed by atoms with Crippen LogP contribution in [0.3, 0.4) is 0 Å². The zero-order valence-corrected chi connectivity index (χ0v) is 15.2. The molecule has 2 aromatic carbocycles. The summed E-state index contributed by atoms with van der Waals surface area (Å²) in [6, 6.07) is 10.1. The Morgan fingerprint density at radius 2 is 1.96 bits per heavy atom. The summed E-state index contributed by atoms with van der Waals surface area (Å²) in [6.45, 7) is -0.529. The Balaban J connectivity index is 2.13. The minimum atomic E-state index is -4.09. The van der Waals surface area contributed by atoms with Crippen molar-refractivity contribution in [3.63, 3.8) is 0 Å². The van der Waals surface area contributed by atoms with Crippen LogP contribution in [0.4, 0.5) is 0 Å². The number of aliphatic carboxylic acids is 1. The van der Waals surface area contributed by atoms with E-state index in [4.69, 9.17) is 26.6 Å². The molecule has 0 heterocycles. The lowest BCUT2D eigenvalue weighted by molar-refractivity contribution is -0.139. The van der Waals surface area contributed by atoms with Crippen molar-refractivity contribution in [2.45, 2.75) is 4.90 Å². The number of ether oxygens (including phenoxy) is 1. The SMILES string of the molecule is NS(=O)(=O)c1cc(C(=O)N/N=C\c2ccccc2OCC(=O)O)ccc1Cl. The molecule has 2 rings (SSSR count). The molecule has 0 unspecified atom stereocenters. The number of hydrogen-bond donors (Lipinski definition) is 3. The fourth-order valence-corrected chi connectivity index (χ4v) is 3.02. The average molecular weight is 412 g/mol. The Kier molecular flexibility index (Phi) is 6.50.